The second kappa shape index (κ2) is 11.6. The van der Waals surface area contributed by atoms with E-state index in [1.807, 2.05) is 43.3 Å². The standard InChI is InChI=1S/C30H37N3O4/c1-20(2)27(19-32-13-14-33(22(4)18-32)24-8-6-9-25(34)17-24)31-30(36)23-11-12-29(28(35)16-23)37-26-10-5-7-21(3)15-26/h5-12,15-17,20,22,27,34-35H,13-14,18-19H2,1-4H3,(H,31,36)/t22-,27+/m0/s1. The number of benzene rings is 3. The van der Waals surface area contributed by atoms with Crippen LogP contribution in [-0.4, -0.2) is 59.3 Å². The predicted molar refractivity (Wildman–Crippen MR) is 147 cm³/mol. The maximum atomic E-state index is 13.1. The van der Waals surface area contributed by atoms with Gasteiger partial charge in [0.05, 0.1) is 0 Å². The number of amides is 1. The molecule has 0 spiro atoms. The summed E-state index contributed by atoms with van der Waals surface area (Å²) in [7, 11) is 0. The number of phenolic OH excluding ortho intramolecular Hbond substituents is 2. The van der Waals surface area contributed by atoms with Gasteiger partial charge in [0, 0.05) is 55.6 Å². The minimum Gasteiger partial charge on any atom is -0.508 e. The number of nitrogens with one attached hydrogen (secondary N) is 1. The first-order valence-electron chi connectivity index (χ1n) is 12.9. The second-order valence-corrected chi connectivity index (χ2v) is 10.2. The fourth-order valence-corrected chi connectivity index (χ4v) is 4.76. The highest BCUT2D eigenvalue weighted by molar-refractivity contribution is 5.95. The van der Waals surface area contributed by atoms with E-state index in [2.05, 4.69) is 35.9 Å². The van der Waals surface area contributed by atoms with E-state index >= 15 is 0 Å². The molecule has 1 heterocycles. The monoisotopic (exact) mass is 503 g/mol. The van der Waals surface area contributed by atoms with Crippen molar-refractivity contribution in [2.75, 3.05) is 31.1 Å². The molecular formula is C30H37N3O4. The Kier molecular flexibility index (Phi) is 8.24. The van der Waals surface area contributed by atoms with Crippen molar-refractivity contribution in [1.82, 2.24) is 10.2 Å². The summed E-state index contributed by atoms with van der Waals surface area (Å²) >= 11 is 0. The van der Waals surface area contributed by atoms with E-state index in [0.29, 0.717) is 17.1 Å². The minimum absolute atomic E-state index is 0.0441. The number of ether oxygens (including phenoxy) is 1. The predicted octanol–water partition coefficient (Wildman–Crippen LogP) is 5.16. The first kappa shape index (κ1) is 26.4. The minimum atomic E-state index is -0.220. The number of nitrogens with zero attached hydrogens (tertiary/aromatic N) is 2. The first-order chi connectivity index (χ1) is 17.7. The summed E-state index contributed by atoms with van der Waals surface area (Å²) in [6.07, 6.45) is 0. The average molecular weight is 504 g/mol. The number of phenols is 2. The van der Waals surface area contributed by atoms with Crippen LogP contribution in [0.2, 0.25) is 0 Å². The van der Waals surface area contributed by atoms with Gasteiger partial charge >= 0.3 is 0 Å². The quantitative estimate of drug-likeness (QED) is 0.394. The van der Waals surface area contributed by atoms with E-state index in [4.69, 9.17) is 4.74 Å². The summed E-state index contributed by atoms with van der Waals surface area (Å²) in [4.78, 5) is 17.8. The Balaban J connectivity index is 1.37. The van der Waals surface area contributed by atoms with Gasteiger partial charge in [-0.3, -0.25) is 9.69 Å². The van der Waals surface area contributed by atoms with Crippen LogP contribution < -0.4 is 15.0 Å². The van der Waals surface area contributed by atoms with Gasteiger partial charge in [-0.2, -0.15) is 0 Å². The maximum Gasteiger partial charge on any atom is 0.251 e. The van der Waals surface area contributed by atoms with Gasteiger partial charge in [0.25, 0.3) is 5.91 Å². The molecule has 7 heteroatoms. The van der Waals surface area contributed by atoms with Crippen LogP contribution in [0.5, 0.6) is 23.0 Å². The van der Waals surface area contributed by atoms with Gasteiger partial charge in [0.1, 0.15) is 11.5 Å². The molecule has 0 bridgehead atoms. The molecule has 0 aromatic heterocycles. The van der Waals surface area contributed by atoms with Crippen LogP contribution in [0.1, 0.15) is 36.7 Å². The molecule has 1 saturated heterocycles. The Labute approximate surface area is 219 Å². The van der Waals surface area contributed by atoms with Crippen molar-refractivity contribution in [2.45, 2.75) is 39.8 Å². The van der Waals surface area contributed by atoms with Gasteiger partial charge in [-0.05, 0) is 67.8 Å². The van der Waals surface area contributed by atoms with Crippen LogP contribution in [0.4, 0.5) is 5.69 Å². The van der Waals surface area contributed by atoms with Crippen LogP contribution in [0.25, 0.3) is 0 Å². The molecule has 2 atom stereocenters. The van der Waals surface area contributed by atoms with Crippen LogP contribution in [0.3, 0.4) is 0 Å². The molecule has 7 nitrogen and oxygen atoms in total. The van der Waals surface area contributed by atoms with Crippen LogP contribution >= 0.6 is 0 Å². The van der Waals surface area contributed by atoms with Crippen molar-refractivity contribution < 1.29 is 19.7 Å². The number of hydrogen-bond acceptors (Lipinski definition) is 6. The molecule has 3 aromatic carbocycles. The number of rotatable bonds is 8. The average Bonchev–Trinajstić information content (AvgIpc) is 2.85. The second-order valence-electron chi connectivity index (χ2n) is 10.2. The SMILES string of the molecule is Cc1cccc(Oc2ccc(C(=O)N[C@H](CN3CCN(c4cccc(O)c4)[C@@H](C)C3)C(C)C)cc2O)c1. The molecule has 1 fully saturated rings. The molecule has 0 aliphatic carbocycles. The van der Waals surface area contributed by atoms with E-state index in [9.17, 15) is 15.0 Å². The lowest BCUT2D eigenvalue weighted by Crippen LogP contribution is -2.56. The highest BCUT2D eigenvalue weighted by atomic mass is 16.5. The molecule has 3 aromatic rings. The molecule has 1 aliphatic heterocycles. The highest BCUT2D eigenvalue weighted by Gasteiger charge is 2.27. The lowest BCUT2D eigenvalue weighted by atomic mass is 10.0. The van der Waals surface area contributed by atoms with Crippen molar-refractivity contribution in [3.8, 4) is 23.0 Å². The smallest absolute Gasteiger partial charge is 0.251 e. The zero-order valence-corrected chi connectivity index (χ0v) is 22.0. The highest BCUT2D eigenvalue weighted by Crippen LogP contribution is 2.32. The molecule has 1 amide bonds. The first-order valence-corrected chi connectivity index (χ1v) is 12.9. The molecule has 196 valence electrons. The van der Waals surface area contributed by atoms with Crippen molar-refractivity contribution in [3.05, 3.63) is 77.9 Å². The van der Waals surface area contributed by atoms with Crippen LogP contribution in [-0.2, 0) is 0 Å². The normalized spacial score (nSPS) is 17.0. The summed E-state index contributed by atoms with van der Waals surface area (Å²) in [5.74, 6) is 1.15. The van der Waals surface area contributed by atoms with Gasteiger partial charge < -0.3 is 25.2 Å². The van der Waals surface area contributed by atoms with E-state index in [-0.39, 0.29) is 35.4 Å². The topological polar surface area (TPSA) is 85.3 Å². The largest absolute Gasteiger partial charge is 0.508 e. The Morgan fingerprint density at radius 3 is 2.51 bits per heavy atom. The molecule has 37 heavy (non-hydrogen) atoms. The fraction of sp³-hybridized carbons (Fsp3) is 0.367. The van der Waals surface area contributed by atoms with Crippen molar-refractivity contribution >= 4 is 11.6 Å². The van der Waals surface area contributed by atoms with E-state index in [1.54, 1.807) is 24.3 Å². The molecule has 0 saturated carbocycles. The summed E-state index contributed by atoms with van der Waals surface area (Å²) in [6.45, 7) is 11.7. The fourth-order valence-electron chi connectivity index (χ4n) is 4.76. The van der Waals surface area contributed by atoms with Crippen molar-refractivity contribution in [2.24, 2.45) is 5.92 Å². The Morgan fingerprint density at radius 1 is 1.05 bits per heavy atom. The number of carbonyl (C=O) groups excluding carboxylic acids is 1. The number of carbonyl (C=O) groups is 1. The lowest BCUT2D eigenvalue weighted by molar-refractivity contribution is 0.0902. The number of piperazine rings is 1. The van der Waals surface area contributed by atoms with Crippen LogP contribution in [0.15, 0.2) is 66.7 Å². The zero-order valence-electron chi connectivity index (χ0n) is 22.0. The summed E-state index contributed by atoms with van der Waals surface area (Å²) < 4.78 is 5.80. The molecule has 1 aliphatic rings. The Bertz CT molecular complexity index is 1230. The molecule has 0 radical (unpaired) electrons. The summed E-state index contributed by atoms with van der Waals surface area (Å²) in [5.41, 5.74) is 2.47. The molecule has 4 rings (SSSR count). The third kappa shape index (κ3) is 6.74. The number of hydrogen-bond donors (Lipinski definition) is 3. The Morgan fingerprint density at radius 2 is 1.84 bits per heavy atom. The van der Waals surface area contributed by atoms with Gasteiger partial charge in [-0.15, -0.1) is 0 Å². The number of aromatic hydroxyl groups is 2. The third-order valence-corrected chi connectivity index (χ3v) is 6.89. The van der Waals surface area contributed by atoms with E-state index in [1.165, 1.54) is 6.07 Å². The lowest BCUT2D eigenvalue weighted by Gasteiger charge is -2.42. The Hall–Kier alpha value is -3.71. The van der Waals surface area contributed by atoms with Crippen molar-refractivity contribution in [1.29, 1.82) is 0 Å². The number of aryl methyl sites for hydroxylation is 1. The summed E-state index contributed by atoms with van der Waals surface area (Å²) in [5, 5.41) is 23.5. The molecule has 0 unspecified atom stereocenters. The number of anilines is 1. The van der Waals surface area contributed by atoms with Gasteiger partial charge in [-0.1, -0.05) is 32.0 Å². The van der Waals surface area contributed by atoms with Crippen LogP contribution in [0, 0.1) is 12.8 Å². The van der Waals surface area contributed by atoms with E-state index < -0.39 is 0 Å². The summed E-state index contributed by atoms with van der Waals surface area (Å²) in [6, 6.07) is 19.9. The van der Waals surface area contributed by atoms with Gasteiger partial charge in [0.15, 0.2) is 11.5 Å². The molecule has 3 N–H and O–H groups in total. The van der Waals surface area contributed by atoms with Gasteiger partial charge in [-0.25, -0.2) is 0 Å². The van der Waals surface area contributed by atoms with Crippen molar-refractivity contribution in [3.63, 3.8) is 0 Å². The maximum absolute atomic E-state index is 13.1. The van der Waals surface area contributed by atoms with E-state index in [0.717, 1.165) is 37.4 Å². The third-order valence-electron chi connectivity index (χ3n) is 6.89. The molecular weight excluding hydrogens is 466 g/mol. The van der Waals surface area contributed by atoms with Gasteiger partial charge in [0.2, 0.25) is 0 Å². The zero-order chi connectivity index (χ0) is 26.5.